The monoisotopic (exact) mass is 313 g/mol. The van der Waals surface area contributed by atoms with E-state index in [2.05, 4.69) is 27.6 Å². The van der Waals surface area contributed by atoms with Crippen LogP contribution in [0.1, 0.15) is 44.1 Å². The summed E-state index contributed by atoms with van der Waals surface area (Å²) >= 11 is 0. The molecular formula is C19H27N3O. The summed E-state index contributed by atoms with van der Waals surface area (Å²) in [7, 11) is 0. The van der Waals surface area contributed by atoms with Crippen molar-refractivity contribution in [2.75, 3.05) is 6.54 Å². The summed E-state index contributed by atoms with van der Waals surface area (Å²) in [5.41, 5.74) is 3.47. The number of aromatic amines is 1. The molecule has 1 aromatic carbocycles. The topological polar surface area (TPSA) is 60.9 Å². The molecule has 1 fully saturated rings. The molecule has 3 rings (SSSR count). The lowest BCUT2D eigenvalue weighted by molar-refractivity contribution is 0.0643. The Morgan fingerprint density at radius 3 is 2.83 bits per heavy atom. The van der Waals surface area contributed by atoms with Crippen LogP contribution in [0.5, 0.6) is 0 Å². The van der Waals surface area contributed by atoms with E-state index < -0.39 is 0 Å². The maximum absolute atomic E-state index is 10.0. The van der Waals surface area contributed by atoms with Gasteiger partial charge in [-0.3, -0.25) is 5.10 Å². The molecule has 0 aliphatic heterocycles. The fourth-order valence-corrected chi connectivity index (χ4v) is 3.54. The van der Waals surface area contributed by atoms with Gasteiger partial charge in [-0.2, -0.15) is 5.10 Å². The number of benzene rings is 1. The lowest BCUT2D eigenvalue weighted by Crippen LogP contribution is -2.25. The van der Waals surface area contributed by atoms with E-state index in [0.29, 0.717) is 5.92 Å². The summed E-state index contributed by atoms with van der Waals surface area (Å²) in [5.74, 6) is 0.513. The van der Waals surface area contributed by atoms with Gasteiger partial charge < -0.3 is 10.4 Å². The number of aliphatic hydroxyl groups is 1. The predicted octanol–water partition coefficient (Wildman–Crippen LogP) is 3.50. The molecule has 3 N–H and O–H groups in total. The van der Waals surface area contributed by atoms with Crippen LogP contribution in [0.2, 0.25) is 0 Å². The Balaban J connectivity index is 1.42. The molecule has 0 radical (unpaired) electrons. The molecule has 2 atom stereocenters. The fourth-order valence-electron chi connectivity index (χ4n) is 3.54. The highest BCUT2D eigenvalue weighted by Crippen LogP contribution is 2.27. The minimum Gasteiger partial charge on any atom is -0.393 e. The lowest BCUT2D eigenvalue weighted by Gasteiger charge is -2.27. The average Bonchev–Trinajstić information content (AvgIpc) is 3.05. The van der Waals surface area contributed by atoms with Crippen LogP contribution in [0.15, 0.2) is 36.5 Å². The second-order valence-corrected chi connectivity index (χ2v) is 6.57. The molecular weight excluding hydrogens is 286 g/mol. The van der Waals surface area contributed by atoms with Crippen molar-refractivity contribution in [2.45, 2.75) is 51.2 Å². The molecule has 0 saturated heterocycles. The Kier molecular flexibility index (Phi) is 5.83. The van der Waals surface area contributed by atoms with Gasteiger partial charge in [0.2, 0.25) is 0 Å². The van der Waals surface area contributed by atoms with Gasteiger partial charge in [-0.05, 0) is 43.7 Å². The molecule has 23 heavy (non-hydrogen) atoms. The first-order valence-electron chi connectivity index (χ1n) is 8.81. The van der Waals surface area contributed by atoms with E-state index in [0.717, 1.165) is 38.0 Å². The van der Waals surface area contributed by atoms with Crippen molar-refractivity contribution in [3.8, 4) is 11.3 Å². The van der Waals surface area contributed by atoms with E-state index in [9.17, 15) is 5.11 Å². The van der Waals surface area contributed by atoms with E-state index in [1.165, 1.54) is 30.4 Å². The molecule has 0 bridgehead atoms. The number of hydrogen-bond donors (Lipinski definition) is 3. The number of aromatic nitrogens is 2. The van der Waals surface area contributed by atoms with Crippen LogP contribution in [0, 0.1) is 5.92 Å². The van der Waals surface area contributed by atoms with E-state index in [-0.39, 0.29) is 6.10 Å². The van der Waals surface area contributed by atoms with Gasteiger partial charge in [-0.25, -0.2) is 0 Å². The van der Waals surface area contributed by atoms with Crippen molar-refractivity contribution in [3.05, 3.63) is 42.1 Å². The van der Waals surface area contributed by atoms with Crippen LogP contribution < -0.4 is 5.32 Å². The molecule has 1 heterocycles. The fraction of sp³-hybridized carbons (Fsp3) is 0.526. The van der Waals surface area contributed by atoms with Gasteiger partial charge >= 0.3 is 0 Å². The third-order valence-electron chi connectivity index (χ3n) is 4.89. The van der Waals surface area contributed by atoms with Crippen LogP contribution in [0.25, 0.3) is 11.3 Å². The van der Waals surface area contributed by atoms with E-state index in [4.69, 9.17) is 0 Å². The predicted molar refractivity (Wildman–Crippen MR) is 92.9 cm³/mol. The van der Waals surface area contributed by atoms with Gasteiger partial charge in [-0.15, -0.1) is 0 Å². The van der Waals surface area contributed by atoms with Crippen molar-refractivity contribution in [2.24, 2.45) is 5.92 Å². The molecule has 4 heteroatoms. The van der Waals surface area contributed by atoms with Crippen LogP contribution >= 0.6 is 0 Å². The quantitative estimate of drug-likeness (QED) is 0.686. The summed E-state index contributed by atoms with van der Waals surface area (Å²) in [6.07, 6.45) is 8.76. The van der Waals surface area contributed by atoms with E-state index in [1.807, 2.05) is 24.4 Å². The van der Waals surface area contributed by atoms with Crippen LogP contribution in [-0.4, -0.2) is 28.0 Å². The first kappa shape index (κ1) is 16.2. The molecule has 2 unspecified atom stereocenters. The molecule has 1 aliphatic rings. The molecule has 2 aromatic rings. The van der Waals surface area contributed by atoms with Crippen LogP contribution in [-0.2, 0) is 6.54 Å². The highest BCUT2D eigenvalue weighted by atomic mass is 16.3. The Labute approximate surface area is 138 Å². The normalized spacial score (nSPS) is 21.4. The van der Waals surface area contributed by atoms with Crippen molar-refractivity contribution in [3.63, 3.8) is 0 Å². The minimum atomic E-state index is -0.0673. The van der Waals surface area contributed by atoms with Crippen molar-refractivity contribution in [1.82, 2.24) is 15.5 Å². The summed E-state index contributed by atoms with van der Waals surface area (Å²) in [6, 6.07) is 10.3. The van der Waals surface area contributed by atoms with Gasteiger partial charge in [0.15, 0.2) is 0 Å². The van der Waals surface area contributed by atoms with Gasteiger partial charge in [0.05, 0.1) is 18.0 Å². The number of rotatable bonds is 7. The summed E-state index contributed by atoms with van der Waals surface area (Å²) < 4.78 is 0. The molecule has 1 saturated carbocycles. The summed E-state index contributed by atoms with van der Waals surface area (Å²) in [5, 5.41) is 20.8. The van der Waals surface area contributed by atoms with E-state index in [1.54, 1.807) is 0 Å². The highest BCUT2D eigenvalue weighted by molar-refractivity contribution is 5.62. The van der Waals surface area contributed by atoms with Crippen molar-refractivity contribution in [1.29, 1.82) is 0 Å². The largest absolute Gasteiger partial charge is 0.393 e. The van der Waals surface area contributed by atoms with Crippen molar-refractivity contribution < 1.29 is 5.11 Å². The Morgan fingerprint density at radius 2 is 2.00 bits per heavy atom. The average molecular weight is 313 g/mol. The Hall–Kier alpha value is -1.65. The lowest BCUT2D eigenvalue weighted by atomic mass is 9.83. The van der Waals surface area contributed by atoms with Crippen molar-refractivity contribution >= 4 is 0 Å². The summed E-state index contributed by atoms with van der Waals surface area (Å²) in [6.45, 7) is 1.82. The molecule has 1 aliphatic carbocycles. The Morgan fingerprint density at radius 1 is 1.17 bits per heavy atom. The van der Waals surface area contributed by atoms with Gasteiger partial charge in [0.25, 0.3) is 0 Å². The first-order chi connectivity index (χ1) is 11.3. The maximum atomic E-state index is 10.0. The van der Waals surface area contributed by atoms with Gasteiger partial charge in [0.1, 0.15) is 0 Å². The molecule has 1 aromatic heterocycles. The third kappa shape index (κ3) is 4.43. The standard InChI is InChI=1S/C19H27N3O/c23-18-11-5-4-7-15(18)10-6-12-20-13-17-14-21-22-19(17)16-8-2-1-3-9-16/h1-3,8-9,14-15,18,20,23H,4-7,10-13H2,(H,21,22). The second-order valence-electron chi connectivity index (χ2n) is 6.57. The smallest absolute Gasteiger partial charge is 0.0695 e. The molecule has 0 spiro atoms. The first-order valence-corrected chi connectivity index (χ1v) is 8.81. The number of H-pyrrole nitrogens is 1. The SMILES string of the molecule is OC1CCCCC1CCCNCc1cn[nH]c1-c1ccccc1. The number of aliphatic hydroxyl groups excluding tert-OH is 1. The zero-order chi connectivity index (χ0) is 15.9. The van der Waals surface area contributed by atoms with E-state index >= 15 is 0 Å². The van der Waals surface area contributed by atoms with Crippen LogP contribution in [0.4, 0.5) is 0 Å². The maximum Gasteiger partial charge on any atom is 0.0695 e. The zero-order valence-corrected chi connectivity index (χ0v) is 13.7. The molecule has 4 nitrogen and oxygen atoms in total. The second kappa shape index (κ2) is 8.27. The highest BCUT2D eigenvalue weighted by Gasteiger charge is 2.22. The number of nitrogens with zero attached hydrogens (tertiary/aromatic N) is 1. The van der Waals surface area contributed by atoms with Gasteiger partial charge in [0, 0.05) is 12.1 Å². The van der Waals surface area contributed by atoms with Crippen LogP contribution in [0.3, 0.4) is 0 Å². The summed E-state index contributed by atoms with van der Waals surface area (Å²) in [4.78, 5) is 0. The number of hydrogen-bond acceptors (Lipinski definition) is 3. The Bertz CT molecular complexity index is 581. The molecule has 0 amide bonds. The third-order valence-corrected chi connectivity index (χ3v) is 4.89. The minimum absolute atomic E-state index is 0.0673. The molecule has 124 valence electrons. The zero-order valence-electron chi connectivity index (χ0n) is 13.7. The van der Waals surface area contributed by atoms with Gasteiger partial charge in [-0.1, -0.05) is 43.2 Å². The number of nitrogens with one attached hydrogen (secondary N) is 2.